The van der Waals surface area contributed by atoms with Crippen molar-refractivity contribution in [2.75, 3.05) is 6.54 Å². The van der Waals surface area contributed by atoms with Crippen LogP contribution in [0.5, 0.6) is 11.5 Å². The van der Waals surface area contributed by atoms with Gasteiger partial charge in [0.15, 0.2) is 23.1 Å². The Balaban J connectivity index is 1.39. The van der Waals surface area contributed by atoms with Gasteiger partial charge in [-0.15, -0.1) is 0 Å². The number of rotatable bonds is 4. The standard InChI is InChI=1S/C31H26FNO6/c1-15-13-24(35)27-22(28(15)36)14-21-18(25(27)19-3-2-4-23(32)29(19)37)9-10-20-26(21)31(39)33(30(20)38)12-11-16-5-7-17(34)8-6-16/h2-9,13,20-21,25-26,34,37H,10-12,14H2,1H3. The second-order valence-electron chi connectivity index (χ2n) is 10.7. The van der Waals surface area contributed by atoms with Gasteiger partial charge in [-0.2, -0.15) is 0 Å². The monoisotopic (exact) mass is 527 g/mol. The van der Waals surface area contributed by atoms with Gasteiger partial charge in [0, 0.05) is 34.7 Å². The van der Waals surface area contributed by atoms with Crippen LogP contribution < -0.4 is 0 Å². The topological polar surface area (TPSA) is 112 Å². The third-order valence-corrected chi connectivity index (χ3v) is 8.54. The molecule has 0 bridgehead atoms. The molecule has 3 aliphatic carbocycles. The molecule has 6 rings (SSSR count). The molecule has 2 N–H and O–H groups in total. The number of hydrogen-bond donors (Lipinski definition) is 2. The smallest absolute Gasteiger partial charge is 0.233 e. The molecule has 0 spiro atoms. The minimum atomic E-state index is -0.898. The number of carbonyl (C=O) groups is 4. The molecule has 2 aromatic carbocycles. The third-order valence-electron chi connectivity index (χ3n) is 8.54. The van der Waals surface area contributed by atoms with Gasteiger partial charge in [-0.1, -0.05) is 35.9 Å². The molecule has 2 aromatic rings. The molecule has 1 aliphatic heterocycles. The van der Waals surface area contributed by atoms with Crippen molar-refractivity contribution in [3.05, 3.63) is 93.9 Å². The molecule has 4 unspecified atom stereocenters. The summed E-state index contributed by atoms with van der Waals surface area (Å²) >= 11 is 0. The summed E-state index contributed by atoms with van der Waals surface area (Å²) in [6.07, 6.45) is 3.92. The molecule has 198 valence electrons. The lowest BCUT2D eigenvalue weighted by atomic mass is 9.59. The van der Waals surface area contributed by atoms with Crippen molar-refractivity contribution in [3.63, 3.8) is 0 Å². The van der Waals surface area contributed by atoms with Crippen LogP contribution >= 0.6 is 0 Å². The summed E-state index contributed by atoms with van der Waals surface area (Å²) in [6.45, 7) is 1.74. The molecule has 7 nitrogen and oxygen atoms in total. The molecule has 1 saturated heterocycles. The fourth-order valence-electron chi connectivity index (χ4n) is 6.69. The minimum absolute atomic E-state index is 0.121. The van der Waals surface area contributed by atoms with Crippen LogP contribution in [-0.2, 0) is 25.6 Å². The average Bonchev–Trinajstić information content (AvgIpc) is 3.16. The van der Waals surface area contributed by atoms with Crippen molar-refractivity contribution in [2.24, 2.45) is 17.8 Å². The Bertz CT molecular complexity index is 1550. The average molecular weight is 528 g/mol. The zero-order chi connectivity index (χ0) is 27.6. The van der Waals surface area contributed by atoms with Gasteiger partial charge in [0.25, 0.3) is 0 Å². The lowest BCUT2D eigenvalue weighted by molar-refractivity contribution is -0.140. The highest BCUT2D eigenvalue weighted by molar-refractivity contribution is 6.23. The number of amides is 2. The number of likely N-dealkylation sites (tertiary alicyclic amines) is 1. The van der Waals surface area contributed by atoms with Crippen molar-refractivity contribution in [3.8, 4) is 11.5 Å². The van der Waals surface area contributed by atoms with Crippen LogP contribution in [0.3, 0.4) is 0 Å². The normalized spacial score (nSPS) is 26.3. The number of ketones is 2. The van der Waals surface area contributed by atoms with Crippen molar-refractivity contribution in [1.29, 1.82) is 0 Å². The van der Waals surface area contributed by atoms with Crippen LogP contribution in [0, 0.1) is 23.6 Å². The fraction of sp³-hybridized carbons (Fsp3) is 0.290. The summed E-state index contributed by atoms with van der Waals surface area (Å²) in [7, 11) is 0. The molecule has 0 saturated carbocycles. The molecule has 39 heavy (non-hydrogen) atoms. The Morgan fingerprint density at radius 3 is 2.46 bits per heavy atom. The number of benzene rings is 2. The van der Waals surface area contributed by atoms with E-state index in [9.17, 15) is 33.8 Å². The van der Waals surface area contributed by atoms with E-state index in [4.69, 9.17) is 0 Å². The van der Waals surface area contributed by atoms with Crippen molar-refractivity contribution in [1.82, 2.24) is 4.90 Å². The van der Waals surface area contributed by atoms with Gasteiger partial charge in [0.1, 0.15) is 5.75 Å². The Morgan fingerprint density at radius 1 is 0.974 bits per heavy atom. The number of aromatic hydroxyl groups is 2. The number of halogens is 1. The predicted octanol–water partition coefficient (Wildman–Crippen LogP) is 3.91. The number of carbonyl (C=O) groups excluding carboxylic acids is 4. The van der Waals surface area contributed by atoms with Gasteiger partial charge in [0.05, 0.1) is 11.8 Å². The highest BCUT2D eigenvalue weighted by Crippen LogP contribution is 2.56. The van der Waals surface area contributed by atoms with E-state index >= 15 is 0 Å². The van der Waals surface area contributed by atoms with Crippen LogP contribution in [0.15, 0.2) is 76.9 Å². The molecule has 1 heterocycles. The Hall–Kier alpha value is -4.33. The second kappa shape index (κ2) is 9.15. The highest BCUT2D eigenvalue weighted by Gasteiger charge is 2.56. The first-order valence-corrected chi connectivity index (χ1v) is 13.0. The predicted molar refractivity (Wildman–Crippen MR) is 138 cm³/mol. The quantitative estimate of drug-likeness (QED) is 0.354. The maximum absolute atomic E-state index is 14.5. The second-order valence-corrected chi connectivity index (χ2v) is 10.7. The van der Waals surface area contributed by atoms with Gasteiger partial charge >= 0.3 is 0 Å². The lowest BCUT2D eigenvalue weighted by Crippen LogP contribution is -2.40. The largest absolute Gasteiger partial charge is 0.508 e. The van der Waals surface area contributed by atoms with Crippen LogP contribution in [-0.4, -0.2) is 45.0 Å². The number of phenols is 2. The van der Waals surface area contributed by atoms with Crippen molar-refractivity contribution in [2.45, 2.75) is 32.1 Å². The summed E-state index contributed by atoms with van der Waals surface area (Å²) in [5.74, 6) is -5.37. The number of phenolic OH excluding ortho intramolecular Hbond substituents is 2. The summed E-state index contributed by atoms with van der Waals surface area (Å²) in [4.78, 5) is 55.0. The van der Waals surface area contributed by atoms with Crippen molar-refractivity contribution < 1.29 is 33.8 Å². The Morgan fingerprint density at radius 2 is 1.72 bits per heavy atom. The van der Waals surface area contributed by atoms with E-state index in [0.29, 0.717) is 12.0 Å². The van der Waals surface area contributed by atoms with Crippen LogP contribution in [0.25, 0.3) is 0 Å². The summed E-state index contributed by atoms with van der Waals surface area (Å²) in [5, 5.41) is 20.2. The summed E-state index contributed by atoms with van der Waals surface area (Å²) < 4.78 is 14.5. The maximum atomic E-state index is 14.5. The molecular formula is C31H26FNO6. The van der Waals surface area contributed by atoms with Gasteiger partial charge in [-0.25, -0.2) is 4.39 Å². The molecule has 0 radical (unpaired) electrons. The summed E-state index contributed by atoms with van der Waals surface area (Å²) in [6, 6.07) is 10.6. The molecule has 2 amide bonds. The Kier molecular flexibility index (Phi) is 5.86. The van der Waals surface area contributed by atoms with E-state index in [1.807, 2.05) is 6.08 Å². The number of para-hydroxylation sites is 1. The SMILES string of the molecule is CC1=CC(=O)C2=C(CC3C(=CCC4C(=O)N(CCc5ccc(O)cc5)C(=O)C43)C2c2cccc(F)c2O)C1=O. The molecule has 4 aliphatic rings. The van der Waals surface area contributed by atoms with Crippen LogP contribution in [0.1, 0.15) is 36.8 Å². The van der Waals surface area contributed by atoms with E-state index in [0.717, 1.165) is 11.6 Å². The lowest BCUT2D eigenvalue weighted by Gasteiger charge is -2.42. The van der Waals surface area contributed by atoms with Crippen molar-refractivity contribution >= 4 is 23.4 Å². The molecule has 4 atom stereocenters. The first-order valence-electron chi connectivity index (χ1n) is 13.0. The first kappa shape index (κ1) is 25.0. The Labute approximate surface area is 223 Å². The molecule has 8 heteroatoms. The summed E-state index contributed by atoms with van der Waals surface area (Å²) in [5.41, 5.74) is 2.43. The zero-order valence-corrected chi connectivity index (χ0v) is 21.2. The van der Waals surface area contributed by atoms with Crippen LogP contribution in [0.2, 0.25) is 0 Å². The van der Waals surface area contributed by atoms with E-state index in [1.165, 1.54) is 23.1 Å². The minimum Gasteiger partial charge on any atom is -0.508 e. The maximum Gasteiger partial charge on any atom is 0.233 e. The molecule has 0 aromatic heterocycles. The number of fused-ring (bicyclic) bond motifs is 3. The van der Waals surface area contributed by atoms with E-state index in [2.05, 4.69) is 0 Å². The van der Waals surface area contributed by atoms with Gasteiger partial charge in [-0.3, -0.25) is 24.1 Å². The van der Waals surface area contributed by atoms with Gasteiger partial charge in [0.2, 0.25) is 11.8 Å². The van der Waals surface area contributed by atoms with Crippen LogP contribution in [0.4, 0.5) is 4.39 Å². The highest BCUT2D eigenvalue weighted by atomic mass is 19.1. The van der Waals surface area contributed by atoms with Gasteiger partial charge in [-0.05, 0) is 61.9 Å². The third kappa shape index (κ3) is 3.85. The number of allylic oxidation sites excluding steroid dienone is 6. The molecular weight excluding hydrogens is 501 g/mol. The van der Waals surface area contributed by atoms with E-state index in [-0.39, 0.29) is 70.8 Å². The number of imide groups is 1. The molecule has 1 fully saturated rings. The van der Waals surface area contributed by atoms with E-state index in [1.54, 1.807) is 31.2 Å². The zero-order valence-electron chi connectivity index (χ0n) is 21.2. The number of Topliss-reactive ketones (excluding diaryl/α,β-unsaturated/α-hetero) is 1. The number of hydrogen-bond acceptors (Lipinski definition) is 6. The first-order chi connectivity index (χ1) is 18.7. The number of nitrogens with zero attached hydrogens (tertiary/aromatic N) is 1. The fourth-order valence-corrected chi connectivity index (χ4v) is 6.69. The van der Waals surface area contributed by atoms with E-state index < -0.39 is 35.2 Å². The van der Waals surface area contributed by atoms with Gasteiger partial charge < -0.3 is 10.2 Å².